The normalized spacial score (nSPS) is 16.1. The second kappa shape index (κ2) is 5.76. The van der Waals surface area contributed by atoms with Crippen molar-refractivity contribution in [1.82, 2.24) is 0 Å². The fourth-order valence-corrected chi connectivity index (χ4v) is 3.77. The maximum atomic E-state index is 11.2. The lowest BCUT2D eigenvalue weighted by atomic mass is 9.83. The van der Waals surface area contributed by atoms with E-state index in [0.29, 0.717) is 5.92 Å². The van der Waals surface area contributed by atoms with Crippen molar-refractivity contribution in [2.45, 2.75) is 46.0 Å². The molecule has 0 bridgehead atoms. The Morgan fingerprint density at radius 2 is 1.90 bits per heavy atom. The average Bonchev–Trinajstić information content (AvgIpc) is 3.20. The van der Waals surface area contributed by atoms with E-state index >= 15 is 0 Å². The van der Waals surface area contributed by atoms with Crippen molar-refractivity contribution < 1.29 is 14.6 Å². The van der Waals surface area contributed by atoms with E-state index in [1.807, 2.05) is 13.8 Å². The highest BCUT2D eigenvalue weighted by atomic mass is 79.9. The molecule has 1 saturated carbocycles. The van der Waals surface area contributed by atoms with Gasteiger partial charge in [0, 0.05) is 0 Å². The summed E-state index contributed by atoms with van der Waals surface area (Å²) in [5, 5.41) is 9.21. The van der Waals surface area contributed by atoms with E-state index in [9.17, 15) is 9.90 Å². The summed E-state index contributed by atoms with van der Waals surface area (Å²) in [6.07, 6.45) is 2.49. The van der Waals surface area contributed by atoms with Gasteiger partial charge in [-0.25, -0.2) is 0 Å². The van der Waals surface area contributed by atoms with Gasteiger partial charge in [0.15, 0.2) is 0 Å². The molecule has 0 heterocycles. The molecule has 1 fully saturated rings. The molecule has 1 aliphatic carbocycles. The second-order valence-corrected chi connectivity index (χ2v) is 6.47. The van der Waals surface area contributed by atoms with Gasteiger partial charge in [0.05, 0.1) is 18.0 Å². The topological polar surface area (TPSA) is 46.5 Å². The molecular weight excluding hydrogens is 320 g/mol. The molecule has 1 aromatic carbocycles. The van der Waals surface area contributed by atoms with Gasteiger partial charge in [-0.2, -0.15) is 0 Å². The summed E-state index contributed by atoms with van der Waals surface area (Å²) in [5.74, 6) is 0.774. The van der Waals surface area contributed by atoms with Gasteiger partial charge in [-0.15, -0.1) is 0 Å². The molecule has 0 aliphatic heterocycles. The molecule has 1 N–H and O–H groups in total. The van der Waals surface area contributed by atoms with Crippen LogP contribution in [0.25, 0.3) is 0 Å². The number of carbonyl (C=O) groups is 1. The minimum atomic E-state index is -0.717. The minimum absolute atomic E-state index is 0.119. The maximum absolute atomic E-state index is 11.2. The number of aliphatic carboxylic acids is 1. The fraction of sp³-hybridized carbons (Fsp3) is 0.562. The van der Waals surface area contributed by atoms with Crippen LogP contribution in [0.15, 0.2) is 4.47 Å². The Bertz CT molecular complexity index is 518. The first kappa shape index (κ1) is 15.4. The summed E-state index contributed by atoms with van der Waals surface area (Å²) in [7, 11) is 1.67. The predicted octanol–water partition coefficient (Wildman–Crippen LogP) is 4.35. The number of halogens is 1. The van der Waals surface area contributed by atoms with Crippen molar-refractivity contribution in [3.63, 3.8) is 0 Å². The molecule has 1 unspecified atom stereocenters. The number of hydrogen-bond donors (Lipinski definition) is 1. The second-order valence-electron chi connectivity index (χ2n) is 5.68. The number of carboxylic acid groups (broad SMARTS) is 1. The molecule has 0 spiro atoms. The summed E-state index contributed by atoms with van der Waals surface area (Å²) in [5.41, 5.74) is 4.57. The molecule has 1 aromatic rings. The van der Waals surface area contributed by atoms with E-state index in [1.165, 1.54) is 11.1 Å². The van der Waals surface area contributed by atoms with Gasteiger partial charge in [-0.05, 0) is 83.6 Å². The zero-order chi connectivity index (χ0) is 15.0. The van der Waals surface area contributed by atoms with Crippen molar-refractivity contribution in [3.05, 3.63) is 26.7 Å². The van der Waals surface area contributed by atoms with E-state index in [0.717, 1.165) is 34.2 Å². The van der Waals surface area contributed by atoms with Crippen LogP contribution in [0.5, 0.6) is 5.75 Å². The predicted molar refractivity (Wildman–Crippen MR) is 82.6 cm³/mol. The summed E-state index contributed by atoms with van der Waals surface area (Å²) < 4.78 is 6.42. The zero-order valence-corrected chi connectivity index (χ0v) is 14.0. The molecule has 4 heteroatoms. The zero-order valence-electron chi connectivity index (χ0n) is 12.4. The Balaban J connectivity index is 2.57. The largest absolute Gasteiger partial charge is 0.495 e. The van der Waals surface area contributed by atoms with Crippen molar-refractivity contribution in [1.29, 1.82) is 0 Å². The molecule has 2 rings (SSSR count). The van der Waals surface area contributed by atoms with Gasteiger partial charge in [-0.1, -0.05) is 0 Å². The van der Waals surface area contributed by atoms with E-state index in [4.69, 9.17) is 4.74 Å². The number of carboxylic acids is 1. The van der Waals surface area contributed by atoms with Crippen LogP contribution in [0.2, 0.25) is 0 Å². The van der Waals surface area contributed by atoms with Gasteiger partial charge >= 0.3 is 5.97 Å². The van der Waals surface area contributed by atoms with Crippen LogP contribution < -0.4 is 4.74 Å². The van der Waals surface area contributed by atoms with E-state index < -0.39 is 5.97 Å². The Morgan fingerprint density at radius 3 is 2.35 bits per heavy atom. The van der Waals surface area contributed by atoms with E-state index in [-0.39, 0.29) is 12.3 Å². The van der Waals surface area contributed by atoms with Gasteiger partial charge in [-0.3, -0.25) is 4.79 Å². The van der Waals surface area contributed by atoms with Crippen LogP contribution in [-0.4, -0.2) is 18.2 Å². The molecule has 1 aliphatic rings. The fourth-order valence-electron chi connectivity index (χ4n) is 3.10. The summed E-state index contributed by atoms with van der Waals surface area (Å²) in [6, 6.07) is 0. The Morgan fingerprint density at radius 1 is 1.30 bits per heavy atom. The number of ether oxygens (including phenoxy) is 1. The van der Waals surface area contributed by atoms with Crippen molar-refractivity contribution in [3.8, 4) is 5.75 Å². The van der Waals surface area contributed by atoms with Crippen molar-refractivity contribution >= 4 is 21.9 Å². The molecule has 0 radical (unpaired) electrons. The third-order valence-electron chi connectivity index (χ3n) is 4.40. The first-order valence-corrected chi connectivity index (χ1v) is 7.72. The number of hydrogen-bond acceptors (Lipinski definition) is 2. The molecule has 20 heavy (non-hydrogen) atoms. The SMILES string of the molecule is COc1c(C)c(C)c(C(CC(=O)O)C2CC2)c(C)c1Br. The molecule has 110 valence electrons. The first-order chi connectivity index (χ1) is 9.38. The average molecular weight is 341 g/mol. The van der Waals surface area contributed by atoms with Crippen LogP contribution in [0, 0.1) is 26.7 Å². The van der Waals surface area contributed by atoms with Crippen LogP contribution in [0.3, 0.4) is 0 Å². The smallest absolute Gasteiger partial charge is 0.303 e. The monoisotopic (exact) mass is 340 g/mol. The van der Waals surface area contributed by atoms with Gasteiger partial charge in [0.2, 0.25) is 0 Å². The van der Waals surface area contributed by atoms with E-state index in [2.05, 4.69) is 22.9 Å². The molecule has 0 aromatic heterocycles. The highest BCUT2D eigenvalue weighted by molar-refractivity contribution is 9.10. The first-order valence-electron chi connectivity index (χ1n) is 6.93. The Labute approximate surface area is 128 Å². The van der Waals surface area contributed by atoms with Crippen LogP contribution in [-0.2, 0) is 4.79 Å². The summed E-state index contributed by atoms with van der Waals surface area (Å²) in [6.45, 7) is 6.15. The standard InChI is InChI=1S/C16H21BrO3/c1-8-9(2)16(20-4)15(17)10(3)14(8)12(7-13(18)19)11-5-6-11/h11-12H,5-7H2,1-4H3,(H,18,19). The van der Waals surface area contributed by atoms with Crippen molar-refractivity contribution in [2.75, 3.05) is 7.11 Å². The third kappa shape index (κ3) is 2.71. The third-order valence-corrected chi connectivity index (χ3v) is 5.36. The van der Waals surface area contributed by atoms with Crippen LogP contribution >= 0.6 is 15.9 Å². The molecule has 1 atom stereocenters. The Kier molecular flexibility index (Phi) is 4.43. The Hall–Kier alpha value is -1.03. The van der Waals surface area contributed by atoms with Gasteiger partial charge < -0.3 is 9.84 Å². The van der Waals surface area contributed by atoms with Crippen LogP contribution in [0.4, 0.5) is 0 Å². The van der Waals surface area contributed by atoms with Gasteiger partial charge in [0.1, 0.15) is 5.75 Å². The summed E-state index contributed by atoms with van der Waals surface area (Å²) >= 11 is 3.61. The summed E-state index contributed by atoms with van der Waals surface area (Å²) in [4.78, 5) is 11.2. The number of methoxy groups -OCH3 is 1. The lowest BCUT2D eigenvalue weighted by molar-refractivity contribution is -0.137. The number of rotatable bonds is 5. The lowest BCUT2D eigenvalue weighted by Crippen LogP contribution is -2.13. The molecule has 3 nitrogen and oxygen atoms in total. The molecular formula is C16H21BrO3. The quantitative estimate of drug-likeness (QED) is 0.866. The maximum Gasteiger partial charge on any atom is 0.303 e. The number of benzene rings is 1. The molecule has 0 saturated heterocycles. The van der Waals surface area contributed by atoms with Crippen molar-refractivity contribution in [2.24, 2.45) is 5.92 Å². The lowest BCUT2D eigenvalue weighted by Gasteiger charge is -2.24. The highest BCUT2D eigenvalue weighted by Gasteiger charge is 2.36. The molecule has 0 amide bonds. The highest BCUT2D eigenvalue weighted by Crippen LogP contribution is 2.49. The van der Waals surface area contributed by atoms with Crippen LogP contribution in [0.1, 0.15) is 47.4 Å². The van der Waals surface area contributed by atoms with E-state index in [1.54, 1.807) is 7.11 Å². The minimum Gasteiger partial charge on any atom is -0.495 e. The van der Waals surface area contributed by atoms with Gasteiger partial charge in [0.25, 0.3) is 0 Å².